The topological polar surface area (TPSA) is 98.8 Å². The summed E-state index contributed by atoms with van der Waals surface area (Å²) in [6.45, 7) is 3.66. The Balaban J connectivity index is 2.54. The van der Waals surface area contributed by atoms with Gasteiger partial charge in [0.2, 0.25) is 5.91 Å². The quantitative estimate of drug-likeness (QED) is 0.505. The molecule has 0 aliphatic carbocycles. The molecule has 132 valence electrons. The molecule has 1 rings (SSSR count). The largest absolute Gasteiger partial charge is 0.351 e. The van der Waals surface area contributed by atoms with Crippen molar-refractivity contribution in [2.75, 3.05) is 39.1 Å². The van der Waals surface area contributed by atoms with Crippen molar-refractivity contribution < 1.29 is 18.0 Å². The number of hydrogen-bond acceptors (Lipinski definition) is 4. The number of carbonyl (C=O) groups is 2. The molecule has 0 saturated heterocycles. The number of nitrogens with zero attached hydrogens (tertiary/aromatic N) is 2. The maximum absolute atomic E-state index is 12.0. The smallest absolute Gasteiger partial charge is 0.278 e. The molecule has 2 amide bonds. The molecule has 0 spiro atoms. The van der Waals surface area contributed by atoms with E-state index in [0.717, 1.165) is 4.31 Å². The lowest BCUT2D eigenvalue weighted by atomic mass is 10.2. The van der Waals surface area contributed by atoms with Gasteiger partial charge in [-0.15, -0.1) is 0 Å². The molecule has 0 aliphatic heterocycles. The molecular weight excluding hydrogens is 332 g/mol. The van der Waals surface area contributed by atoms with Gasteiger partial charge in [-0.3, -0.25) is 9.59 Å². The van der Waals surface area contributed by atoms with Crippen molar-refractivity contribution in [1.82, 2.24) is 14.3 Å². The van der Waals surface area contributed by atoms with Crippen molar-refractivity contribution in [1.29, 1.82) is 0 Å². The lowest BCUT2D eigenvalue weighted by Gasteiger charge is -2.15. The van der Waals surface area contributed by atoms with Crippen molar-refractivity contribution in [3.05, 3.63) is 42.5 Å². The fourth-order valence-corrected chi connectivity index (χ4v) is 2.31. The summed E-state index contributed by atoms with van der Waals surface area (Å²) in [5, 5.41) is 2.61. The molecule has 1 aromatic carbocycles. The van der Waals surface area contributed by atoms with Gasteiger partial charge in [0.25, 0.3) is 16.1 Å². The van der Waals surface area contributed by atoms with Crippen molar-refractivity contribution in [2.24, 2.45) is 0 Å². The van der Waals surface area contributed by atoms with Gasteiger partial charge < -0.3 is 10.2 Å². The molecular formula is C15H22N4O4S. The Hall–Kier alpha value is -2.23. The second kappa shape index (κ2) is 8.57. The Kier molecular flexibility index (Phi) is 7.08. The van der Waals surface area contributed by atoms with Crippen LogP contribution in [0.3, 0.4) is 0 Å². The first-order valence-electron chi connectivity index (χ1n) is 7.14. The van der Waals surface area contributed by atoms with E-state index in [-0.39, 0.29) is 24.9 Å². The molecule has 9 heteroatoms. The van der Waals surface area contributed by atoms with E-state index in [1.165, 1.54) is 25.1 Å². The number of amides is 2. The fourth-order valence-electron chi connectivity index (χ4n) is 1.69. The van der Waals surface area contributed by atoms with Crippen LogP contribution < -0.4 is 14.9 Å². The van der Waals surface area contributed by atoms with Gasteiger partial charge >= 0.3 is 0 Å². The first-order chi connectivity index (χ1) is 11.2. The van der Waals surface area contributed by atoms with E-state index >= 15 is 0 Å². The van der Waals surface area contributed by atoms with E-state index in [9.17, 15) is 18.0 Å². The molecule has 0 heterocycles. The third kappa shape index (κ3) is 5.44. The lowest BCUT2D eigenvalue weighted by Crippen LogP contribution is -2.40. The minimum atomic E-state index is -3.50. The minimum absolute atomic E-state index is 0.0842. The molecule has 8 nitrogen and oxygen atoms in total. The predicted molar refractivity (Wildman–Crippen MR) is 93.0 cm³/mol. The van der Waals surface area contributed by atoms with Crippen LogP contribution in [0.5, 0.6) is 0 Å². The van der Waals surface area contributed by atoms with Crippen molar-refractivity contribution in [2.45, 2.75) is 0 Å². The van der Waals surface area contributed by atoms with Crippen LogP contribution in [0.1, 0.15) is 10.4 Å². The Bertz CT molecular complexity index is 699. The Morgan fingerprint density at radius 2 is 1.71 bits per heavy atom. The van der Waals surface area contributed by atoms with Crippen LogP contribution in [0.15, 0.2) is 36.9 Å². The molecule has 0 aromatic heterocycles. The molecule has 0 bridgehead atoms. The predicted octanol–water partition coefficient (Wildman–Crippen LogP) is -0.0388. The van der Waals surface area contributed by atoms with Gasteiger partial charge in [0.15, 0.2) is 0 Å². The molecule has 1 aromatic rings. The summed E-state index contributed by atoms with van der Waals surface area (Å²) in [6, 6.07) is 6.46. The van der Waals surface area contributed by atoms with Crippen LogP contribution in [0, 0.1) is 0 Å². The van der Waals surface area contributed by atoms with Gasteiger partial charge in [-0.1, -0.05) is 6.58 Å². The van der Waals surface area contributed by atoms with E-state index < -0.39 is 10.2 Å². The maximum atomic E-state index is 12.0. The van der Waals surface area contributed by atoms with Crippen molar-refractivity contribution in [3.8, 4) is 0 Å². The van der Waals surface area contributed by atoms with Gasteiger partial charge in [0.05, 0.1) is 0 Å². The van der Waals surface area contributed by atoms with Gasteiger partial charge in [0, 0.05) is 45.5 Å². The molecule has 0 saturated carbocycles. The lowest BCUT2D eigenvalue weighted by molar-refractivity contribution is -0.113. The zero-order chi connectivity index (χ0) is 18.3. The number of anilines is 1. The van der Waals surface area contributed by atoms with Gasteiger partial charge in [-0.2, -0.15) is 12.7 Å². The van der Waals surface area contributed by atoms with Crippen molar-refractivity contribution >= 4 is 27.7 Å². The summed E-state index contributed by atoms with van der Waals surface area (Å²) in [5.74, 6) is -0.580. The summed E-state index contributed by atoms with van der Waals surface area (Å²) in [7, 11) is 0.934. The van der Waals surface area contributed by atoms with Gasteiger partial charge in [-0.25, -0.2) is 4.72 Å². The zero-order valence-corrected chi connectivity index (χ0v) is 14.8. The average molecular weight is 354 g/mol. The first kappa shape index (κ1) is 19.8. The minimum Gasteiger partial charge on any atom is -0.351 e. The molecule has 24 heavy (non-hydrogen) atoms. The highest BCUT2D eigenvalue weighted by Gasteiger charge is 2.12. The molecule has 0 unspecified atom stereocenters. The van der Waals surface area contributed by atoms with Gasteiger partial charge in [-0.05, 0) is 30.3 Å². The fraction of sp³-hybridized carbons (Fsp3) is 0.333. The van der Waals surface area contributed by atoms with Crippen LogP contribution in [-0.2, 0) is 15.0 Å². The van der Waals surface area contributed by atoms with E-state index in [2.05, 4.69) is 16.6 Å². The summed E-state index contributed by atoms with van der Waals surface area (Å²) in [6.07, 6.45) is 1.20. The van der Waals surface area contributed by atoms with Crippen molar-refractivity contribution in [3.63, 3.8) is 0 Å². The van der Waals surface area contributed by atoms with E-state index in [1.54, 1.807) is 31.3 Å². The number of carbonyl (C=O) groups excluding carboxylic acids is 2. The summed E-state index contributed by atoms with van der Waals surface area (Å²) in [4.78, 5) is 24.9. The van der Waals surface area contributed by atoms with Crippen LogP contribution in [-0.4, -0.2) is 58.8 Å². The highest BCUT2D eigenvalue weighted by Crippen LogP contribution is 2.14. The summed E-state index contributed by atoms with van der Waals surface area (Å²) < 4.78 is 26.4. The molecule has 0 aliphatic rings. The second-order valence-corrected chi connectivity index (χ2v) is 7.06. The van der Waals surface area contributed by atoms with Gasteiger partial charge in [0.1, 0.15) is 0 Å². The maximum Gasteiger partial charge on any atom is 0.278 e. The summed E-state index contributed by atoms with van der Waals surface area (Å²) in [5.41, 5.74) is 1.05. The Morgan fingerprint density at radius 3 is 2.21 bits per heavy atom. The number of hydrogen-bond donors (Lipinski definition) is 2. The highest BCUT2D eigenvalue weighted by molar-refractivity contribution is 7.87. The van der Waals surface area contributed by atoms with Crippen LogP contribution >= 0.6 is 0 Å². The second-order valence-electron chi connectivity index (χ2n) is 5.09. The normalized spacial score (nSPS) is 11.2. The Labute approximate surface area is 142 Å². The van der Waals surface area contributed by atoms with Crippen LogP contribution in [0.25, 0.3) is 0 Å². The number of rotatable bonds is 8. The molecule has 0 atom stereocenters. The monoisotopic (exact) mass is 354 g/mol. The molecule has 2 N–H and O–H groups in total. The van der Waals surface area contributed by atoms with E-state index in [4.69, 9.17) is 0 Å². The average Bonchev–Trinajstić information content (AvgIpc) is 2.57. The number of benzene rings is 1. The molecule has 0 fully saturated rings. The van der Waals surface area contributed by atoms with Crippen LogP contribution in [0.4, 0.5) is 5.69 Å². The first-order valence-corrected chi connectivity index (χ1v) is 8.58. The van der Waals surface area contributed by atoms with E-state index in [1.807, 2.05) is 0 Å². The third-order valence-electron chi connectivity index (χ3n) is 3.20. The number of nitrogens with one attached hydrogen (secondary N) is 2. The van der Waals surface area contributed by atoms with E-state index in [0.29, 0.717) is 11.3 Å². The SMILES string of the molecule is C=CC(=O)N(C)c1ccc(C(=O)NCCNS(=O)(=O)N(C)C)cc1. The zero-order valence-electron chi connectivity index (χ0n) is 13.9. The highest BCUT2D eigenvalue weighted by atomic mass is 32.2. The Morgan fingerprint density at radius 1 is 1.12 bits per heavy atom. The third-order valence-corrected chi connectivity index (χ3v) is 4.73. The standard InChI is InChI=1S/C15H22N4O4S/c1-5-14(20)19(4)13-8-6-12(7-9-13)15(21)16-10-11-17-24(22,23)18(2)3/h5-9,17H,1,10-11H2,2-4H3,(H,16,21). The molecule has 0 radical (unpaired) electrons. The van der Waals surface area contributed by atoms with Crippen LogP contribution in [0.2, 0.25) is 0 Å². The summed E-state index contributed by atoms with van der Waals surface area (Å²) >= 11 is 0. The number of likely N-dealkylation sites (N-methyl/N-ethyl adjacent to an activating group) is 1.